The van der Waals surface area contributed by atoms with Gasteiger partial charge in [0.25, 0.3) is 0 Å². The minimum Gasteiger partial charge on any atom is -0.465 e. The van der Waals surface area contributed by atoms with Crippen molar-refractivity contribution in [1.29, 1.82) is 0 Å². The second-order valence-electron chi connectivity index (χ2n) is 3.13. The van der Waals surface area contributed by atoms with Crippen LogP contribution in [-0.4, -0.2) is 18.2 Å². The zero-order chi connectivity index (χ0) is 11.5. The molecule has 0 saturated carbocycles. The van der Waals surface area contributed by atoms with E-state index in [-0.39, 0.29) is 11.4 Å². The Balaban J connectivity index is 2.55. The molecular formula is C11H10N2O3. The fourth-order valence-corrected chi connectivity index (χ4v) is 1.39. The minimum atomic E-state index is -0.558. The summed E-state index contributed by atoms with van der Waals surface area (Å²) in [6.07, 6.45) is 0. The number of carbonyl (C=O) groups is 1. The third kappa shape index (κ3) is 1.63. The van der Waals surface area contributed by atoms with E-state index in [1.807, 2.05) is 18.2 Å². The molecule has 0 bridgehead atoms. The third-order valence-electron chi connectivity index (χ3n) is 2.14. The smallest absolute Gasteiger partial charge is 0.345 e. The van der Waals surface area contributed by atoms with Crippen LogP contribution in [-0.2, 0) is 4.74 Å². The maximum absolute atomic E-state index is 11.5. The Morgan fingerprint density at radius 3 is 2.69 bits per heavy atom. The van der Waals surface area contributed by atoms with E-state index in [1.54, 1.807) is 12.1 Å². The van der Waals surface area contributed by atoms with E-state index >= 15 is 0 Å². The van der Waals surface area contributed by atoms with Crippen molar-refractivity contribution in [2.45, 2.75) is 0 Å². The molecule has 1 aromatic carbocycles. The molecule has 0 fully saturated rings. The summed E-state index contributed by atoms with van der Waals surface area (Å²) >= 11 is 0. The zero-order valence-electron chi connectivity index (χ0n) is 8.64. The number of anilines is 1. The molecule has 1 aromatic heterocycles. The van der Waals surface area contributed by atoms with Crippen LogP contribution in [0.4, 0.5) is 5.82 Å². The highest BCUT2D eigenvalue weighted by Gasteiger charge is 2.22. The average molecular weight is 218 g/mol. The molecule has 0 saturated heterocycles. The topological polar surface area (TPSA) is 78.4 Å². The van der Waals surface area contributed by atoms with Crippen molar-refractivity contribution in [2.75, 3.05) is 12.8 Å². The van der Waals surface area contributed by atoms with Gasteiger partial charge in [0.05, 0.1) is 7.11 Å². The van der Waals surface area contributed by atoms with Crippen molar-refractivity contribution >= 4 is 11.8 Å². The molecule has 0 aliphatic rings. The molecule has 5 nitrogen and oxygen atoms in total. The van der Waals surface area contributed by atoms with Gasteiger partial charge >= 0.3 is 5.97 Å². The van der Waals surface area contributed by atoms with Crippen molar-refractivity contribution in [3.63, 3.8) is 0 Å². The predicted octanol–water partition coefficient (Wildman–Crippen LogP) is 1.71. The number of hydrogen-bond acceptors (Lipinski definition) is 5. The van der Waals surface area contributed by atoms with Crippen molar-refractivity contribution in [3.05, 3.63) is 35.9 Å². The van der Waals surface area contributed by atoms with E-state index in [0.717, 1.165) is 5.56 Å². The lowest BCUT2D eigenvalue weighted by molar-refractivity contribution is 0.0602. The van der Waals surface area contributed by atoms with Crippen molar-refractivity contribution < 1.29 is 14.1 Å². The molecule has 0 aliphatic carbocycles. The van der Waals surface area contributed by atoms with Crippen LogP contribution in [0.15, 0.2) is 34.9 Å². The minimum absolute atomic E-state index is 0.0331. The molecule has 2 N–H and O–H groups in total. The zero-order valence-corrected chi connectivity index (χ0v) is 8.64. The number of aromatic nitrogens is 1. The second-order valence-corrected chi connectivity index (χ2v) is 3.13. The normalized spacial score (nSPS) is 10.1. The Morgan fingerprint density at radius 1 is 1.38 bits per heavy atom. The van der Waals surface area contributed by atoms with Gasteiger partial charge in [-0.1, -0.05) is 35.5 Å². The highest BCUT2D eigenvalue weighted by atomic mass is 16.5. The average Bonchev–Trinajstić information content (AvgIpc) is 2.71. The van der Waals surface area contributed by atoms with Crippen LogP contribution in [0, 0.1) is 0 Å². The maximum atomic E-state index is 11.5. The molecule has 16 heavy (non-hydrogen) atoms. The number of hydrogen-bond donors (Lipinski definition) is 1. The largest absolute Gasteiger partial charge is 0.465 e. The number of nitrogens with two attached hydrogens (primary N) is 1. The fourth-order valence-electron chi connectivity index (χ4n) is 1.39. The van der Waals surface area contributed by atoms with Crippen LogP contribution in [0.2, 0.25) is 0 Å². The number of carbonyl (C=O) groups excluding carboxylic acids is 1. The number of nitrogen functional groups attached to an aromatic ring is 1. The van der Waals surface area contributed by atoms with Crippen LogP contribution in [0.1, 0.15) is 10.4 Å². The molecule has 0 unspecified atom stereocenters. The Bertz CT molecular complexity index is 505. The van der Waals surface area contributed by atoms with Gasteiger partial charge in [0.2, 0.25) is 0 Å². The van der Waals surface area contributed by atoms with E-state index < -0.39 is 5.97 Å². The van der Waals surface area contributed by atoms with Crippen LogP contribution >= 0.6 is 0 Å². The summed E-state index contributed by atoms with van der Waals surface area (Å²) in [5.74, 6) is -0.201. The van der Waals surface area contributed by atoms with E-state index in [9.17, 15) is 4.79 Å². The van der Waals surface area contributed by atoms with Crippen molar-refractivity contribution in [1.82, 2.24) is 5.16 Å². The summed E-state index contributed by atoms with van der Waals surface area (Å²) < 4.78 is 9.65. The Hall–Kier alpha value is -2.30. The lowest BCUT2D eigenvalue weighted by atomic mass is 10.1. The SMILES string of the molecule is COC(=O)c1c(N)noc1-c1ccccc1. The van der Waals surface area contributed by atoms with Crippen LogP contribution in [0.25, 0.3) is 11.3 Å². The number of ether oxygens (including phenoxy) is 1. The number of methoxy groups -OCH3 is 1. The van der Waals surface area contributed by atoms with Crippen molar-refractivity contribution in [2.24, 2.45) is 0 Å². The number of esters is 1. The van der Waals surface area contributed by atoms with Gasteiger partial charge in [0.1, 0.15) is 0 Å². The van der Waals surface area contributed by atoms with Gasteiger partial charge in [-0.15, -0.1) is 0 Å². The van der Waals surface area contributed by atoms with E-state index in [0.29, 0.717) is 5.76 Å². The highest BCUT2D eigenvalue weighted by Crippen LogP contribution is 2.27. The molecule has 0 spiro atoms. The monoisotopic (exact) mass is 218 g/mol. The third-order valence-corrected chi connectivity index (χ3v) is 2.14. The summed E-state index contributed by atoms with van der Waals surface area (Å²) in [5.41, 5.74) is 6.44. The first-order valence-corrected chi connectivity index (χ1v) is 4.63. The molecule has 0 atom stereocenters. The molecular weight excluding hydrogens is 208 g/mol. The first-order valence-electron chi connectivity index (χ1n) is 4.63. The Morgan fingerprint density at radius 2 is 2.06 bits per heavy atom. The standard InChI is InChI=1S/C11H10N2O3/c1-15-11(14)8-9(16-13-10(8)12)7-5-3-2-4-6-7/h2-6H,1H3,(H2,12,13). The highest BCUT2D eigenvalue weighted by molar-refractivity contribution is 5.99. The van der Waals surface area contributed by atoms with Crippen LogP contribution in [0.3, 0.4) is 0 Å². The van der Waals surface area contributed by atoms with E-state index in [2.05, 4.69) is 9.89 Å². The quantitative estimate of drug-likeness (QED) is 0.776. The summed E-state index contributed by atoms with van der Waals surface area (Å²) in [7, 11) is 1.28. The van der Waals surface area contributed by atoms with Crippen molar-refractivity contribution in [3.8, 4) is 11.3 Å². The predicted molar refractivity (Wildman–Crippen MR) is 57.7 cm³/mol. The Kier molecular flexibility index (Phi) is 2.59. The number of benzene rings is 1. The molecule has 82 valence electrons. The summed E-state index contributed by atoms with van der Waals surface area (Å²) in [6, 6.07) is 9.12. The molecule has 0 amide bonds. The van der Waals surface area contributed by atoms with E-state index in [4.69, 9.17) is 10.3 Å². The lowest BCUT2D eigenvalue weighted by Crippen LogP contribution is -2.05. The fraction of sp³-hybridized carbons (Fsp3) is 0.0909. The van der Waals surface area contributed by atoms with Crippen LogP contribution in [0.5, 0.6) is 0 Å². The van der Waals surface area contributed by atoms with Gasteiger partial charge in [-0.2, -0.15) is 0 Å². The summed E-state index contributed by atoms with van der Waals surface area (Å²) in [6.45, 7) is 0. The van der Waals surface area contributed by atoms with Gasteiger partial charge in [-0.05, 0) is 0 Å². The van der Waals surface area contributed by atoms with Gasteiger partial charge in [0.15, 0.2) is 17.1 Å². The molecule has 2 aromatic rings. The first kappa shape index (κ1) is 10.2. The second kappa shape index (κ2) is 4.06. The molecule has 0 radical (unpaired) electrons. The number of nitrogens with zero attached hydrogens (tertiary/aromatic N) is 1. The van der Waals surface area contributed by atoms with Gasteiger partial charge in [-0.3, -0.25) is 0 Å². The van der Waals surface area contributed by atoms with Gasteiger partial charge in [-0.25, -0.2) is 4.79 Å². The molecule has 0 aliphatic heterocycles. The number of rotatable bonds is 2. The summed E-state index contributed by atoms with van der Waals surface area (Å²) in [5, 5.41) is 3.56. The molecule has 5 heteroatoms. The molecule has 2 rings (SSSR count). The Labute approximate surface area is 91.8 Å². The molecule has 1 heterocycles. The van der Waals surface area contributed by atoms with Gasteiger partial charge in [0, 0.05) is 5.56 Å². The van der Waals surface area contributed by atoms with E-state index in [1.165, 1.54) is 7.11 Å². The van der Waals surface area contributed by atoms with Crippen LogP contribution < -0.4 is 5.73 Å². The maximum Gasteiger partial charge on any atom is 0.345 e. The lowest BCUT2D eigenvalue weighted by Gasteiger charge is -1.99. The van der Waals surface area contributed by atoms with Gasteiger partial charge < -0.3 is 15.0 Å². The summed E-state index contributed by atoms with van der Waals surface area (Å²) in [4.78, 5) is 11.5. The first-order chi connectivity index (χ1) is 7.74.